The molecule has 1 aromatic carbocycles. The number of unbranched alkanes of at least 4 members (excludes halogenated alkanes) is 1. The van der Waals surface area contributed by atoms with Gasteiger partial charge >= 0.3 is 0 Å². The number of rotatable bonds is 6. The Labute approximate surface area is 201 Å². The molecule has 1 aromatic heterocycles. The fraction of sp³-hybridized carbons (Fsp3) is 0.630. The van der Waals surface area contributed by atoms with E-state index in [2.05, 4.69) is 66.4 Å². The molecule has 33 heavy (non-hydrogen) atoms. The number of para-hydroxylation sites is 1. The van der Waals surface area contributed by atoms with Crippen LogP contribution >= 0.6 is 0 Å². The number of aromatic nitrogens is 2. The van der Waals surface area contributed by atoms with Crippen molar-refractivity contribution < 1.29 is 4.74 Å². The zero-order chi connectivity index (χ0) is 23.8. The molecule has 182 valence electrons. The van der Waals surface area contributed by atoms with Crippen molar-refractivity contribution in [1.82, 2.24) is 19.8 Å². The Balaban J connectivity index is 0.000000709. The summed E-state index contributed by atoms with van der Waals surface area (Å²) >= 11 is 0. The summed E-state index contributed by atoms with van der Waals surface area (Å²) in [6, 6.07) is 9.22. The fourth-order valence-corrected chi connectivity index (χ4v) is 4.62. The van der Waals surface area contributed by atoms with E-state index in [9.17, 15) is 0 Å². The van der Waals surface area contributed by atoms with Crippen molar-refractivity contribution >= 4 is 5.82 Å². The molecule has 0 amide bonds. The summed E-state index contributed by atoms with van der Waals surface area (Å²) in [6.45, 7) is 17.3. The van der Waals surface area contributed by atoms with E-state index in [0.717, 1.165) is 57.3 Å². The first-order chi connectivity index (χ1) is 16.0. The zero-order valence-electron chi connectivity index (χ0n) is 21.5. The average Bonchev–Trinajstić information content (AvgIpc) is 2.87. The molecular weight excluding hydrogens is 410 g/mol. The van der Waals surface area contributed by atoms with Gasteiger partial charge in [0.2, 0.25) is 0 Å². The van der Waals surface area contributed by atoms with Crippen LogP contribution in [0, 0.1) is 0 Å². The minimum absolute atomic E-state index is 0.285. The van der Waals surface area contributed by atoms with Gasteiger partial charge in [0.1, 0.15) is 17.9 Å². The van der Waals surface area contributed by atoms with Crippen LogP contribution in [0.5, 0.6) is 5.75 Å². The van der Waals surface area contributed by atoms with Crippen LogP contribution in [0.15, 0.2) is 30.6 Å². The van der Waals surface area contributed by atoms with Gasteiger partial charge in [-0.2, -0.15) is 0 Å². The number of hydrogen-bond acceptors (Lipinski definition) is 6. The van der Waals surface area contributed by atoms with Crippen LogP contribution in [0.1, 0.15) is 70.3 Å². The molecule has 1 unspecified atom stereocenters. The third kappa shape index (κ3) is 6.24. The summed E-state index contributed by atoms with van der Waals surface area (Å²) in [5.74, 6) is 2.11. The summed E-state index contributed by atoms with van der Waals surface area (Å²) < 4.78 is 5.59. The number of ether oxygens (including phenoxy) is 1. The van der Waals surface area contributed by atoms with Gasteiger partial charge in [-0.05, 0) is 33.3 Å². The molecule has 0 N–H and O–H groups in total. The number of piperazine rings is 1. The molecule has 0 aliphatic carbocycles. The first kappa shape index (κ1) is 25.4. The van der Waals surface area contributed by atoms with Gasteiger partial charge in [-0.1, -0.05) is 44.9 Å². The highest BCUT2D eigenvalue weighted by Gasteiger charge is 2.29. The van der Waals surface area contributed by atoms with Crippen LogP contribution in [-0.4, -0.2) is 65.6 Å². The van der Waals surface area contributed by atoms with Crippen LogP contribution in [0.2, 0.25) is 0 Å². The van der Waals surface area contributed by atoms with Gasteiger partial charge in [-0.3, -0.25) is 9.80 Å². The molecule has 2 aromatic rings. The van der Waals surface area contributed by atoms with Crippen molar-refractivity contribution in [2.75, 3.05) is 44.7 Å². The Hall–Kier alpha value is -2.18. The quantitative estimate of drug-likeness (QED) is 0.617. The maximum atomic E-state index is 5.59. The van der Waals surface area contributed by atoms with E-state index in [4.69, 9.17) is 9.72 Å². The largest absolute Gasteiger partial charge is 0.496 e. The van der Waals surface area contributed by atoms with Crippen LogP contribution in [0.3, 0.4) is 0 Å². The summed E-state index contributed by atoms with van der Waals surface area (Å²) in [5, 5.41) is 0. The predicted octanol–water partition coefficient (Wildman–Crippen LogP) is 4.94. The van der Waals surface area contributed by atoms with Gasteiger partial charge in [-0.25, -0.2) is 9.97 Å². The van der Waals surface area contributed by atoms with E-state index in [1.54, 1.807) is 13.4 Å². The lowest BCUT2D eigenvalue weighted by molar-refractivity contribution is 0.185. The summed E-state index contributed by atoms with van der Waals surface area (Å²) in [5.41, 5.74) is 3.75. The van der Waals surface area contributed by atoms with Crippen molar-refractivity contribution in [3.8, 4) is 5.75 Å². The maximum absolute atomic E-state index is 5.59. The smallest absolute Gasteiger partial charge is 0.135 e. The summed E-state index contributed by atoms with van der Waals surface area (Å²) in [6.07, 6.45) is 5.38. The van der Waals surface area contributed by atoms with Crippen LogP contribution in [-0.2, 0) is 13.0 Å². The molecule has 0 radical (unpaired) electrons. The monoisotopic (exact) mass is 453 g/mol. The number of anilines is 1. The molecular formula is C27H43N5O. The average molecular weight is 454 g/mol. The van der Waals surface area contributed by atoms with Crippen molar-refractivity contribution in [1.29, 1.82) is 0 Å². The second kappa shape index (κ2) is 12.3. The lowest BCUT2D eigenvalue weighted by Gasteiger charge is -2.39. The van der Waals surface area contributed by atoms with Crippen LogP contribution in [0.4, 0.5) is 5.82 Å². The van der Waals surface area contributed by atoms with Gasteiger partial charge in [0, 0.05) is 62.5 Å². The third-order valence-corrected chi connectivity index (χ3v) is 6.99. The molecule has 1 atom stereocenters. The number of methoxy groups -OCH3 is 1. The number of hydrogen-bond donors (Lipinski definition) is 0. The Kier molecular flexibility index (Phi) is 9.51. The second-order valence-electron chi connectivity index (χ2n) is 9.38. The van der Waals surface area contributed by atoms with Crippen molar-refractivity contribution in [3.05, 3.63) is 47.4 Å². The minimum Gasteiger partial charge on any atom is -0.496 e. The van der Waals surface area contributed by atoms with E-state index in [1.165, 1.54) is 29.7 Å². The highest BCUT2D eigenvalue weighted by atomic mass is 16.5. The normalized spacial score (nSPS) is 17.8. The Morgan fingerprint density at radius 3 is 2.24 bits per heavy atom. The van der Waals surface area contributed by atoms with Crippen LogP contribution < -0.4 is 9.64 Å². The van der Waals surface area contributed by atoms with E-state index in [1.807, 2.05) is 12.1 Å². The van der Waals surface area contributed by atoms with Gasteiger partial charge in [0.05, 0.1) is 12.8 Å². The molecule has 2 aliphatic heterocycles. The number of fused-ring (bicyclic) bond motifs is 1. The highest BCUT2D eigenvalue weighted by Crippen LogP contribution is 2.34. The molecule has 6 nitrogen and oxygen atoms in total. The zero-order valence-corrected chi connectivity index (χ0v) is 21.5. The second-order valence-corrected chi connectivity index (χ2v) is 9.38. The Morgan fingerprint density at radius 1 is 0.909 bits per heavy atom. The first-order valence-electron chi connectivity index (χ1n) is 12.7. The van der Waals surface area contributed by atoms with E-state index in [-0.39, 0.29) is 6.04 Å². The van der Waals surface area contributed by atoms with Gasteiger partial charge in [0.15, 0.2) is 0 Å². The molecule has 1 saturated heterocycles. The standard InChI is InChI=1S/C23H33N5O.C4H10/c1-17(2)26-11-13-27(14-12-26)23-20-9-10-28(15-21(20)24-16-25-23)18(3)19-7-5-6-8-22(19)29-4;1-3-4-2/h5-8,16-18H,9-15H2,1-4H3;3-4H2,1-2H3. The molecule has 0 spiro atoms. The van der Waals surface area contributed by atoms with E-state index in [0.29, 0.717) is 6.04 Å². The molecule has 3 heterocycles. The SMILES string of the molecule is CCCC.COc1ccccc1C(C)N1CCc2c(ncnc2N2CCN(C(C)C)CC2)C1. The lowest BCUT2D eigenvalue weighted by atomic mass is 9.99. The van der Waals surface area contributed by atoms with Crippen molar-refractivity contribution in [2.45, 2.75) is 72.5 Å². The van der Waals surface area contributed by atoms with E-state index >= 15 is 0 Å². The molecule has 0 bridgehead atoms. The first-order valence-corrected chi connectivity index (χ1v) is 12.7. The Morgan fingerprint density at radius 2 is 1.61 bits per heavy atom. The Bertz CT molecular complexity index is 861. The van der Waals surface area contributed by atoms with Gasteiger partial charge in [0.25, 0.3) is 0 Å². The highest BCUT2D eigenvalue weighted by molar-refractivity contribution is 5.50. The molecule has 6 heteroatoms. The molecule has 4 rings (SSSR count). The van der Waals surface area contributed by atoms with Crippen LogP contribution in [0.25, 0.3) is 0 Å². The van der Waals surface area contributed by atoms with Crippen molar-refractivity contribution in [3.63, 3.8) is 0 Å². The minimum atomic E-state index is 0.285. The number of benzene rings is 1. The summed E-state index contributed by atoms with van der Waals surface area (Å²) in [7, 11) is 1.75. The summed E-state index contributed by atoms with van der Waals surface area (Å²) in [4.78, 5) is 16.9. The number of nitrogens with zero attached hydrogens (tertiary/aromatic N) is 5. The van der Waals surface area contributed by atoms with E-state index < -0.39 is 0 Å². The molecule has 0 saturated carbocycles. The fourth-order valence-electron chi connectivity index (χ4n) is 4.62. The van der Waals surface area contributed by atoms with Gasteiger partial charge < -0.3 is 9.64 Å². The molecule has 2 aliphatic rings. The topological polar surface area (TPSA) is 44.7 Å². The maximum Gasteiger partial charge on any atom is 0.135 e. The lowest BCUT2D eigenvalue weighted by Crippen LogP contribution is -2.49. The predicted molar refractivity (Wildman–Crippen MR) is 137 cm³/mol. The van der Waals surface area contributed by atoms with Crippen molar-refractivity contribution in [2.24, 2.45) is 0 Å². The van der Waals surface area contributed by atoms with Gasteiger partial charge in [-0.15, -0.1) is 0 Å². The third-order valence-electron chi connectivity index (χ3n) is 6.99. The molecule has 1 fully saturated rings.